The maximum Gasteiger partial charge on any atom is 0.269 e. The van der Waals surface area contributed by atoms with Crippen LogP contribution in [0.2, 0.25) is 0 Å². The Morgan fingerprint density at radius 1 is 1.38 bits per heavy atom. The molecule has 1 rings (SSSR count). The Morgan fingerprint density at radius 3 is 2.46 bits per heavy atom. The molecule has 0 aliphatic carbocycles. The number of nitrogens with zero attached hydrogens (tertiary/aromatic N) is 1. The number of rotatable bonds is 2. The van der Waals surface area contributed by atoms with E-state index < -0.39 is 4.92 Å². The van der Waals surface area contributed by atoms with Crippen LogP contribution in [0.1, 0.15) is 5.56 Å². The largest absolute Gasteiger partial charge is 0.359 e. The molecule has 66 valence electrons. The number of hydrogen-bond donors (Lipinski definition) is 1. The molecule has 0 aliphatic rings. The third kappa shape index (κ3) is 2.49. The molecule has 0 amide bonds. The van der Waals surface area contributed by atoms with Gasteiger partial charge in [-0.3, -0.25) is 10.1 Å². The third-order valence-electron chi connectivity index (χ3n) is 1.54. The number of non-ortho nitro benzene ring substituents is 1. The topological polar surface area (TPSA) is 69.2 Å². The highest BCUT2D eigenvalue weighted by Gasteiger charge is 2.02. The molecule has 0 radical (unpaired) electrons. The van der Waals surface area contributed by atoms with Gasteiger partial charge in [-0.2, -0.15) is 0 Å². The van der Waals surface area contributed by atoms with Crippen LogP contribution in [0.15, 0.2) is 24.3 Å². The molecule has 13 heavy (non-hydrogen) atoms. The van der Waals surface area contributed by atoms with E-state index in [4.69, 9.17) is 5.73 Å². The highest BCUT2D eigenvalue weighted by molar-refractivity contribution is 5.34. The van der Waals surface area contributed by atoms with Crippen LogP contribution in [0.25, 0.3) is 0 Å². The van der Waals surface area contributed by atoms with Crippen LogP contribution in [-0.2, 0) is 6.42 Å². The molecule has 1 aromatic rings. The van der Waals surface area contributed by atoms with Crippen molar-refractivity contribution in [3.63, 3.8) is 0 Å². The Labute approximate surface area is 75.5 Å². The molecular formula is C9H8N2O2. The van der Waals surface area contributed by atoms with Crippen molar-refractivity contribution in [2.24, 2.45) is 5.73 Å². The van der Waals surface area contributed by atoms with Gasteiger partial charge in [-0.15, -0.1) is 0 Å². The molecule has 2 N–H and O–H groups in total. The van der Waals surface area contributed by atoms with Crippen molar-refractivity contribution in [2.75, 3.05) is 0 Å². The lowest BCUT2D eigenvalue weighted by Crippen LogP contribution is -1.88. The highest BCUT2D eigenvalue weighted by Crippen LogP contribution is 2.11. The van der Waals surface area contributed by atoms with Crippen molar-refractivity contribution in [3.8, 4) is 12.0 Å². The summed E-state index contributed by atoms with van der Waals surface area (Å²) in [4.78, 5) is 9.85. The van der Waals surface area contributed by atoms with Crippen molar-refractivity contribution < 1.29 is 4.92 Å². The second-order valence-electron chi connectivity index (χ2n) is 2.42. The minimum absolute atomic E-state index is 0.0875. The van der Waals surface area contributed by atoms with Gasteiger partial charge >= 0.3 is 0 Å². The number of nitrogens with two attached hydrogens (primary N) is 1. The van der Waals surface area contributed by atoms with Gasteiger partial charge in [-0.25, -0.2) is 0 Å². The number of nitro benzene ring substituents is 1. The first-order valence-electron chi connectivity index (χ1n) is 3.66. The zero-order valence-electron chi connectivity index (χ0n) is 6.86. The van der Waals surface area contributed by atoms with E-state index in [9.17, 15) is 10.1 Å². The lowest BCUT2D eigenvalue weighted by Gasteiger charge is -1.93. The van der Waals surface area contributed by atoms with Crippen LogP contribution in [-0.4, -0.2) is 4.92 Å². The molecule has 0 aliphatic heterocycles. The standard InChI is InChI=1S/C9H8N2O2/c10-7-1-2-8-3-5-9(6-4-8)11(12)13/h3-6H,2,10H2. The van der Waals surface area contributed by atoms with E-state index in [2.05, 4.69) is 12.0 Å². The first-order valence-corrected chi connectivity index (χ1v) is 3.66. The van der Waals surface area contributed by atoms with Gasteiger partial charge in [0, 0.05) is 24.6 Å². The van der Waals surface area contributed by atoms with E-state index >= 15 is 0 Å². The van der Waals surface area contributed by atoms with Gasteiger partial charge in [0.05, 0.1) is 4.92 Å². The fourth-order valence-electron chi connectivity index (χ4n) is 0.889. The predicted octanol–water partition coefficient (Wildman–Crippen LogP) is 1.06. The quantitative estimate of drug-likeness (QED) is 0.317. The number of benzene rings is 1. The molecule has 0 atom stereocenters. The van der Waals surface area contributed by atoms with E-state index in [-0.39, 0.29) is 5.69 Å². The molecule has 0 heterocycles. The zero-order chi connectivity index (χ0) is 9.68. The summed E-state index contributed by atoms with van der Waals surface area (Å²) in [5, 5.41) is 10.3. The molecule has 0 fully saturated rings. The summed E-state index contributed by atoms with van der Waals surface area (Å²) in [6.07, 6.45) is 0.522. The van der Waals surface area contributed by atoms with Crippen molar-refractivity contribution in [1.82, 2.24) is 0 Å². The molecule has 0 bridgehead atoms. The summed E-state index contributed by atoms with van der Waals surface area (Å²) >= 11 is 0. The predicted molar refractivity (Wildman–Crippen MR) is 48.8 cm³/mol. The highest BCUT2D eigenvalue weighted by atomic mass is 16.6. The summed E-state index contributed by atoms with van der Waals surface area (Å²) in [6, 6.07) is 8.51. The summed E-state index contributed by atoms with van der Waals surface area (Å²) in [7, 11) is 0. The Balaban J connectivity index is 2.79. The Bertz CT molecular complexity index is 359. The van der Waals surface area contributed by atoms with Crippen LogP contribution in [0.5, 0.6) is 0 Å². The van der Waals surface area contributed by atoms with Crippen LogP contribution in [0.3, 0.4) is 0 Å². The molecule has 0 saturated heterocycles. The maximum absolute atomic E-state index is 10.3. The van der Waals surface area contributed by atoms with Crippen LogP contribution >= 0.6 is 0 Å². The van der Waals surface area contributed by atoms with Crippen molar-refractivity contribution in [1.29, 1.82) is 0 Å². The average Bonchev–Trinajstić information content (AvgIpc) is 2.15. The summed E-state index contributed by atoms with van der Waals surface area (Å²) in [5.41, 5.74) is 5.99. The van der Waals surface area contributed by atoms with Gasteiger partial charge in [-0.1, -0.05) is 18.1 Å². The second kappa shape index (κ2) is 4.12. The molecule has 4 heteroatoms. The second-order valence-corrected chi connectivity index (χ2v) is 2.42. The Kier molecular flexibility index (Phi) is 2.87. The minimum Gasteiger partial charge on any atom is -0.359 e. The van der Waals surface area contributed by atoms with Crippen molar-refractivity contribution >= 4 is 5.69 Å². The van der Waals surface area contributed by atoms with E-state index in [0.29, 0.717) is 6.42 Å². The number of hydrogen-bond acceptors (Lipinski definition) is 3. The van der Waals surface area contributed by atoms with Gasteiger partial charge < -0.3 is 5.73 Å². The minimum atomic E-state index is -0.432. The normalized spacial score (nSPS) is 8.62. The first kappa shape index (κ1) is 9.07. The SMILES string of the molecule is NC#CCc1ccc([N+](=O)[O-])cc1. The Hall–Kier alpha value is -2.02. The van der Waals surface area contributed by atoms with Gasteiger partial charge in [0.1, 0.15) is 0 Å². The summed E-state index contributed by atoms with van der Waals surface area (Å²) in [5.74, 6) is 2.67. The van der Waals surface area contributed by atoms with Crippen molar-refractivity contribution in [2.45, 2.75) is 6.42 Å². The lowest BCUT2D eigenvalue weighted by molar-refractivity contribution is -0.384. The summed E-state index contributed by atoms with van der Waals surface area (Å²) in [6.45, 7) is 0. The zero-order valence-corrected chi connectivity index (χ0v) is 6.86. The molecule has 0 aromatic heterocycles. The molecule has 0 saturated carbocycles. The van der Waals surface area contributed by atoms with Crippen LogP contribution in [0.4, 0.5) is 5.69 Å². The average molecular weight is 176 g/mol. The fraction of sp³-hybridized carbons (Fsp3) is 0.111. The fourth-order valence-corrected chi connectivity index (χ4v) is 0.889. The molecule has 4 nitrogen and oxygen atoms in total. The maximum atomic E-state index is 10.3. The van der Waals surface area contributed by atoms with Gasteiger partial charge in [0.2, 0.25) is 0 Å². The molecule has 0 spiro atoms. The molecule has 0 unspecified atom stereocenters. The van der Waals surface area contributed by atoms with Gasteiger partial charge in [0.25, 0.3) is 5.69 Å². The Morgan fingerprint density at radius 2 is 2.00 bits per heavy atom. The van der Waals surface area contributed by atoms with Crippen molar-refractivity contribution in [3.05, 3.63) is 39.9 Å². The van der Waals surface area contributed by atoms with E-state index in [1.54, 1.807) is 12.1 Å². The number of nitro groups is 1. The van der Waals surface area contributed by atoms with Gasteiger partial charge in [-0.05, 0) is 5.56 Å². The third-order valence-corrected chi connectivity index (χ3v) is 1.54. The summed E-state index contributed by atoms with van der Waals surface area (Å²) < 4.78 is 0. The smallest absolute Gasteiger partial charge is 0.269 e. The van der Waals surface area contributed by atoms with Crippen LogP contribution in [0, 0.1) is 22.1 Å². The van der Waals surface area contributed by atoms with E-state index in [1.165, 1.54) is 12.1 Å². The van der Waals surface area contributed by atoms with E-state index in [0.717, 1.165) is 5.56 Å². The van der Waals surface area contributed by atoms with Crippen LogP contribution < -0.4 is 5.73 Å². The monoisotopic (exact) mass is 176 g/mol. The molecular weight excluding hydrogens is 168 g/mol. The van der Waals surface area contributed by atoms with E-state index in [1.807, 2.05) is 0 Å². The lowest BCUT2D eigenvalue weighted by atomic mass is 10.1. The van der Waals surface area contributed by atoms with Gasteiger partial charge in [0.15, 0.2) is 0 Å². The first-order chi connectivity index (χ1) is 6.24. The molecule has 1 aromatic carbocycles.